The number of nitrogens with zero attached hydrogens (tertiary/aromatic N) is 5. The summed E-state index contributed by atoms with van der Waals surface area (Å²) in [6, 6.07) is 0.239. The van der Waals surface area contributed by atoms with E-state index in [-0.39, 0.29) is 6.04 Å². The Hall–Kier alpha value is -2.38. The standard InChI is InChI=1S/C16H27N7O/c1-10(9-14-11(2)21-23(6)12(14)3)19-16(17-5)18-8-7-15-20-13(4)22-24-15/h10H,7-9H2,1-6H3,(H2,17,18,19). The maximum atomic E-state index is 5.10. The number of aromatic nitrogens is 4. The first kappa shape index (κ1) is 18.0. The topological polar surface area (TPSA) is 93.2 Å². The Labute approximate surface area is 142 Å². The second-order valence-electron chi connectivity index (χ2n) is 6.01. The fourth-order valence-corrected chi connectivity index (χ4v) is 2.63. The molecule has 2 heterocycles. The first-order chi connectivity index (χ1) is 11.4. The Morgan fingerprint density at radius 3 is 2.62 bits per heavy atom. The molecule has 0 aliphatic heterocycles. The molecule has 0 aromatic carbocycles. The highest BCUT2D eigenvalue weighted by atomic mass is 16.5. The highest BCUT2D eigenvalue weighted by Gasteiger charge is 2.14. The van der Waals surface area contributed by atoms with E-state index in [0.29, 0.717) is 24.7 Å². The molecular formula is C16H27N7O. The van der Waals surface area contributed by atoms with Gasteiger partial charge in [0.1, 0.15) is 0 Å². The van der Waals surface area contributed by atoms with Crippen LogP contribution in [0.5, 0.6) is 0 Å². The van der Waals surface area contributed by atoms with E-state index in [9.17, 15) is 0 Å². The van der Waals surface area contributed by atoms with Crippen LogP contribution in [0.25, 0.3) is 0 Å². The molecule has 0 spiro atoms. The molecule has 132 valence electrons. The summed E-state index contributed by atoms with van der Waals surface area (Å²) in [5.41, 5.74) is 3.57. The van der Waals surface area contributed by atoms with E-state index < -0.39 is 0 Å². The Morgan fingerprint density at radius 1 is 1.33 bits per heavy atom. The highest BCUT2D eigenvalue weighted by molar-refractivity contribution is 5.79. The Balaban J connectivity index is 1.83. The molecule has 0 saturated carbocycles. The van der Waals surface area contributed by atoms with E-state index >= 15 is 0 Å². The van der Waals surface area contributed by atoms with Gasteiger partial charge in [-0.25, -0.2) is 0 Å². The summed E-state index contributed by atoms with van der Waals surface area (Å²) >= 11 is 0. The van der Waals surface area contributed by atoms with E-state index in [1.54, 1.807) is 7.05 Å². The van der Waals surface area contributed by atoms with E-state index in [1.807, 2.05) is 18.7 Å². The van der Waals surface area contributed by atoms with E-state index in [4.69, 9.17) is 4.52 Å². The fourth-order valence-electron chi connectivity index (χ4n) is 2.63. The van der Waals surface area contributed by atoms with Crippen LogP contribution in [0.15, 0.2) is 9.52 Å². The third-order valence-corrected chi connectivity index (χ3v) is 3.98. The van der Waals surface area contributed by atoms with Crippen LogP contribution >= 0.6 is 0 Å². The van der Waals surface area contributed by atoms with Crippen LogP contribution in [-0.4, -0.2) is 45.5 Å². The molecule has 2 N–H and O–H groups in total. The maximum absolute atomic E-state index is 5.10. The number of aliphatic imine (C=N–C) groups is 1. The van der Waals surface area contributed by atoms with Gasteiger partial charge in [0.25, 0.3) is 0 Å². The van der Waals surface area contributed by atoms with Crippen molar-refractivity contribution in [1.82, 2.24) is 30.6 Å². The fraction of sp³-hybridized carbons (Fsp3) is 0.625. The third-order valence-electron chi connectivity index (χ3n) is 3.98. The van der Waals surface area contributed by atoms with Crippen molar-refractivity contribution in [1.29, 1.82) is 0 Å². The van der Waals surface area contributed by atoms with Crippen molar-refractivity contribution in [2.75, 3.05) is 13.6 Å². The molecule has 0 bridgehead atoms. The van der Waals surface area contributed by atoms with E-state index in [1.165, 1.54) is 11.3 Å². The van der Waals surface area contributed by atoms with E-state index in [0.717, 1.165) is 18.1 Å². The van der Waals surface area contributed by atoms with Crippen LogP contribution in [0, 0.1) is 20.8 Å². The smallest absolute Gasteiger partial charge is 0.228 e. The SMILES string of the molecule is CN=C(NCCc1nc(C)no1)NC(C)Cc1c(C)nn(C)c1C. The molecular weight excluding hydrogens is 306 g/mol. The van der Waals surface area contributed by atoms with Crippen LogP contribution < -0.4 is 10.6 Å². The summed E-state index contributed by atoms with van der Waals surface area (Å²) in [4.78, 5) is 8.45. The zero-order valence-electron chi connectivity index (χ0n) is 15.3. The monoisotopic (exact) mass is 333 g/mol. The lowest BCUT2D eigenvalue weighted by Crippen LogP contribution is -2.43. The highest BCUT2D eigenvalue weighted by Crippen LogP contribution is 2.14. The van der Waals surface area contributed by atoms with E-state index in [2.05, 4.69) is 51.6 Å². The van der Waals surface area contributed by atoms with Gasteiger partial charge in [-0.2, -0.15) is 10.1 Å². The molecule has 0 amide bonds. The largest absolute Gasteiger partial charge is 0.356 e. The van der Waals surface area contributed by atoms with Crippen LogP contribution in [0.2, 0.25) is 0 Å². The lowest BCUT2D eigenvalue weighted by atomic mass is 10.1. The van der Waals surface area contributed by atoms with Gasteiger partial charge in [-0.05, 0) is 39.7 Å². The van der Waals surface area contributed by atoms with Crippen LogP contribution in [0.3, 0.4) is 0 Å². The first-order valence-corrected chi connectivity index (χ1v) is 8.16. The molecule has 8 heteroatoms. The Bertz CT molecular complexity index is 701. The normalized spacial score (nSPS) is 13.2. The Morgan fingerprint density at radius 2 is 2.08 bits per heavy atom. The Kier molecular flexibility index (Phi) is 5.94. The van der Waals surface area contributed by atoms with Gasteiger partial charge in [0, 0.05) is 38.8 Å². The first-order valence-electron chi connectivity index (χ1n) is 8.16. The molecule has 2 aromatic rings. The van der Waals surface area contributed by atoms with Crippen LogP contribution in [0.1, 0.15) is 35.6 Å². The number of aryl methyl sites for hydroxylation is 3. The summed E-state index contributed by atoms with van der Waals surface area (Å²) in [5.74, 6) is 2.05. The van der Waals surface area contributed by atoms with Crippen LogP contribution in [-0.2, 0) is 19.9 Å². The molecule has 0 saturated heterocycles. The minimum absolute atomic E-state index is 0.239. The number of nitrogens with one attached hydrogen (secondary N) is 2. The molecule has 2 aromatic heterocycles. The summed E-state index contributed by atoms with van der Waals surface area (Å²) < 4.78 is 7.03. The van der Waals surface area contributed by atoms with Crippen LogP contribution in [0.4, 0.5) is 0 Å². The molecule has 1 atom stereocenters. The number of guanidine groups is 1. The zero-order valence-corrected chi connectivity index (χ0v) is 15.3. The second kappa shape index (κ2) is 7.94. The summed E-state index contributed by atoms with van der Waals surface area (Å²) in [6.07, 6.45) is 1.56. The lowest BCUT2D eigenvalue weighted by molar-refractivity contribution is 0.374. The van der Waals surface area contributed by atoms with Crippen molar-refractivity contribution in [2.45, 2.75) is 46.6 Å². The van der Waals surface area contributed by atoms with Crippen molar-refractivity contribution >= 4 is 5.96 Å². The van der Waals surface area contributed by atoms with Crippen molar-refractivity contribution in [3.8, 4) is 0 Å². The average Bonchev–Trinajstić information content (AvgIpc) is 3.05. The van der Waals surface area contributed by atoms with Crippen molar-refractivity contribution in [2.24, 2.45) is 12.0 Å². The quantitative estimate of drug-likeness (QED) is 0.607. The van der Waals surface area contributed by atoms with Gasteiger partial charge in [-0.3, -0.25) is 9.67 Å². The summed E-state index contributed by atoms with van der Waals surface area (Å²) in [6.45, 7) is 8.78. The third kappa shape index (κ3) is 4.56. The summed E-state index contributed by atoms with van der Waals surface area (Å²) in [7, 11) is 3.74. The zero-order chi connectivity index (χ0) is 17.7. The van der Waals surface area contributed by atoms with Gasteiger partial charge in [0.2, 0.25) is 5.89 Å². The van der Waals surface area contributed by atoms with Gasteiger partial charge in [0.05, 0.1) is 5.69 Å². The van der Waals surface area contributed by atoms with Gasteiger partial charge < -0.3 is 15.2 Å². The van der Waals surface area contributed by atoms with Gasteiger partial charge in [0.15, 0.2) is 11.8 Å². The summed E-state index contributed by atoms with van der Waals surface area (Å²) in [5, 5.41) is 14.9. The van der Waals surface area contributed by atoms with Crippen molar-refractivity contribution < 1.29 is 4.52 Å². The number of hydrogen-bond acceptors (Lipinski definition) is 5. The second-order valence-corrected chi connectivity index (χ2v) is 6.01. The average molecular weight is 333 g/mol. The van der Waals surface area contributed by atoms with Crippen molar-refractivity contribution in [3.63, 3.8) is 0 Å². The molecule has 0 fully saturated rings. The maximum Gasteiger partial charge on any atom is 0.228 e. The minimum Gasteiger partial charge on any atom is -0.356 e. The molecule has 8 nitrogen and oxygen atoms in total. The molecule has 2 rings (SSSR count). The van der Waals surface area contributed by atoms with Gasteiger partial charge in [-0.1, -0.05) is 5.16 Å². The predicted octanol–water partition coefficient (Wildman–Crippen LogP) is 1.07. The number of hydrogen-bond donors (Lipinski definition) is 2. The van der Waals surface area contributed by atoms with Gasteiger partial charge in [-0.15, -0.1) is 0 Å². The lowest BCUT2D eigenvalue weighted by Gasteiger charge is -2.18. The van der Waals surface area contributed by atoms with Crippen molar-refractivity contribution in [3.05, 3.63) is 28.7 Å². The number of rotatable bonds is 6. The molecule has 0 aliphatic carbocycles. The predicted molar refractivity (Wildman–Crippen MR) is 93.1 cm³/mol. The molecule has 0 radical (unpaired) electrons. The molecule has 0 aliphatic rings. The van der Waals surface area contributed by atoms with Gasteiger partial charge >= 0.3 is 0 Å². The molecule has 24 heavy (non-hydrogen) atoms. The molecule has 1 unspecified atom stereocenters. The minimum atomic E-state index is 0.239.